The molecule has 0 aliphatic rings. The second-order valence-electron chi connectivity index (χ2n) is 6.05. The lowest BCUT2D eigenvalue weighted by atomic mass is 10.1. The highest BCUT2D eigenvalue weighted by atomic mass is 79.9. The van der Waals surface area contributed by atoms with Crippen LogP contribution in [0.15, 0.2) is 82.8 Å². The molecule has 0 spiro atoms. The third-order valence-corrected chi connectivity index (χ3v) is 4.87. The molecule has 4 nitrogen and oxygen atoms in total. The second kappa shape index (κ2) is 9.92. The molecule has 0 bridgehead atoms. The maximum atomic E-state index is 12.5. The summed E-state index contributed by atoms with van der Waals surface area (Å²) in [5.74, 6) is 0.0455. The first kappa shape index (κ1) is 20.7. The van der Waals surface area contributed by atoms with Crippen molar-refractivity contribution in [3.63, 3.8) is 0 Å². The molecule has 0 aliphatic carbocycles. The number of carbonyl (C=O) groups is 1. The third kappa shape index (κ3) is 5.71. The fourth-order valence-corrected chi connectivity index (χ4v) is 3.13. The molecule has 144 valence electrons. The molecule has 0 radical (unpaired) electrons. The number of nitrogens with zero attached hydrogens (tertiary/aromatic N) is 1. The van der Waals surface area contributed by atoms with Crippen LogP contribution in [0.4, 0.5) is 5.69 Å². The molecule has 0 aromatic heterocycles. The van der Waals surface area contributed by atoms with Crippen molar-refractivity contribution in [3.8, 4) is 11.8 Å². The van der Waals surface area contributed by atoms with Crippen LogP contribution in [0.5, 0.6) is 5.75 Å². The Labute approximate surface area is 182 Å². The third-order valence-electron chi connectivity index (χ3n) is 4.01. The van der Waals surface area contributed by atoms with Gasteiger partial charge in [0.25, 0.3) is 5.91 Å². The molecule has 0 fully saturated rings. The standard InChI is InChI=1S/C23H16BrClN2O2/c24-19-10-11-22(29-15-16-6-4-5-9-21(16)25)17(13-19)12-18(14-26)23(28)27-20-7-2-1-3-8-20/h1-13H,15H2,(H,27,28)/b18-12+. The van der Waals surface area contributed by atoms with Gasteiger partial charge in [-0.25, -0.2) is 0 Å². The number of nitrogens with one attached hydrogen (secondary N) is 1. The molecule has 0 unspecified atom stereocenters. The average molecular weight is 468 g/mol. The molecule has 1 N–H and O–H groups in total. The van der Waals surface area contributed by atoms with Gasteiger partial charge in [-0.15, -0.1) is 0 Å². The van der Waals surface area contributed by atoms with Crippen molar-refractivity contribution in [1.29, 1.82) is 5.26 Å². The molecular weight excluding hydrogens is 452 g/mol. The van der Waals surface area contributed by atoms with E-state index in [4.69, 9.17) is 16.3 Å². The van der Waals surface area contributed by atoms with Crippen LogP contribution in [0, 0.1) is 11.3 Å². The molecule has 3 rings (SSSR count). The van der Waals surface area contributed by atoms with Gasteiger partial charge < -0.3 is 10.1 Å². The number of hydrogen-bond acceptors (Lipinski definition) is 3. The van der Waals surface area contributed by atoms with Crippen molar-refractivity contribution in [2.24, 2.45) is 0 Å². The van der Waals surface area contributed by atoms with Crippen molar-refractivity contribution < 1.29 is 9.53 Å². The monoisotopic (exact) mass is 466 g/mol. The van der Waals surface area contributed by atoms with E-state index in [9.17, 15) is 10.1 Å². The number of amides is 1. The topological polar surface area (TPSA) is 62.1 Å². The first-order valence-electron chi connectivity index (χ1n) is 8.71. The number of carbonyl (C=O) groups excluding carboxylic acids is 1. The van der Waals surface area contributed by atoms with Crippen LogP contribution in [-0.4, -0.2) is 5.91 Å². The number of hydrogen-bond donors (Lipinski definition) is 1. The van der Waals surface area contributed by atoms with Gasteiger partial charge in [0.15, 0.2) is 0 Å². The van der Waals surface area contributed by atoms with E-state index >= 15 is 0 Å². The van der Waals surface area contributed by atoms with Crippen LogP contribution in [-0.2, 0) is 11.4 Å². The Morgan fingerprint density at radius 1 is 1.10 bits per heavy atom. The normalized spacial score (nSPS) is 10.9. The molecule has 1 amide bonds. The highest BCUT2D eigenvalue weighted by Gasteiger charge is 2.12. The minimum Gasteiger partial charge on any atom is -0.488 e. The molecule has 0 saturated carbocycles. The summed E-state index contributed by atoms with van der Waals surface area (Å²) in [4.78, 5) is 12.5. The Balaban J connectivity index is 1.84. The van der Waals surface area contributed by atoms with E-state index in [0.29, 0.717) is 22.0 Å². The molecule has 6 heteroatoms. The largest absolute Gasteiger partial charge is 0.488 e. The van der Waals surface area contributed by atoms with E-state index in [-0.39, 0.29) is 12.2 Å². The maximum Gasteiger partial charge on any atom is 0.266 e. The number of anilines is 1. The van der Waals surface area contributed by atoms with Gasteiger partial charge in [0.1, 0.15) is 24.0 Å². The zero-order chi connectivity index (χ0) is 20.6. The summed E-state index contributed by atoms with van der Waals surface area (Å²) in [6.45, 7) is 0.264. The molecule has 0 atom stereocenters. The summed E-state index contributed by atoms with van der Waals surface area (Å²) in [5.41, 5.74) is 2.03. The van der Waals surface area contributed by atoms with Crippen molar-refractivity contribution in [2.45, 2.75) is 6.61 Å². The maximum absolute atomic E-state index is 12.5. The molecule has 0 aliphatic heterocycles. The SMILES string of the molecule is N#C/C(=C\c1cc(Br)ccc1OCc1ccccc1Cl)C(=O)Nc1ccccc1. The lowest BCUT2D eigenvalue weighted by Crippen LogP contribution is -2.13. The van der Waals surface area contributed by atoms with E-state index in [1.54, 1.807) is 42.5 Å². The van der Waals surface area contributed by atoms with Gasteiger partial charge in [0.2, 0.25) is 0 Å². The quantitative estimate of drug-likeness (QED) is 0.345. The number of rotatable bonds is 6. The smallest absolute Gasteiger partial charge is 0.266 e. The van der Waals surface area contributed by atoms with Gasteiger partial charge in [-0.3, -0.25) is 4.79 Å². The minimum atomic E-state index is -0.490. The Kier molecular flexibility index (Phi) is 7.07. The minimum absolute atomic E-state index is 0.0328. The highest BCUT2D eigenvalue weighted by molar-refractivity contribution is 9.10. The molecule has 0 heterocycles. The zero-order valence-electron chi connectivity index (χ0n) is 15.2. The number of para-hydroxylation sites is 1. The zero-order valence-corrected chi connectivity index (χ0v) is 17.6. The van der Waals surface area contributed by atoms with Gasteiger partial charge >= 0.3 is 0 Å². The van der Waals surface area contributed by atoms with Gasteiger partial charge in [-0.05, 0) is 42.5 Å². The summed E-state index contributed by atoms with van der Waals surface area (Å²) < 4.78 is 6.71. The van der Waals surface area contributed by atoms with Crippen LogP contribution in [0.3, 0.4) is 0 Å². The van der Waals surface area contributed by atoms with Crippen molar-refractivity contribution in [1.82, 2.24) is 0 Å². The van der Waals surface area contributed by atoms with E-state index in [1.165, 1.54) is 6.08 Å². The summed E-state index contributed by atoms with van der Waals surface area (Å²) in [7, 11) is 0. The fraction of sp³-hybridized carbons (Fsp3) is 0.0435. The lowest BCUT2D eigenvalue weighted by molar-refractivity contribution is -0.112. The van der Waals surface area contributed by atoms with E-state index < -0.39 is 5.91 Å². The van der Waals surface area contributed by atoms with E-state index in [1.807, 2.05) is 36.4 Å². The number of halogens is 2. The van der Waals surface area contributed by atoms with Gasteiger partial charge in [-0.1, -0.05) is 63.9 Å². The molecule has 3 aromatic carbocycles. The highest BCUT2D eigenvalue weighted by Crippen LogP contribution is 2.27. The molecular formula is C23H16BrClN2O2. The van der Waals surface area contributed by atoms with Crippen molar-refractivity contribution in [3.05, 3.63) is 99.0 Å². The van der Waals surface area contributed by atoms with Crippen molar-refractivity contribution in [2.75, 3.05) is 5.32 Å². The Morgan fingerprint density at radius 2 is 1.83 bits per heavy atom. The summed E-state index contributed by atoms with van der Waals surface area (Å²) in [6.07, 6.45) is 1.50. The summed E-state index contributed by atoms with van der Waals surface area (Å²) in [6, 6.07) is 23.7. The number of benzene rings is 3. The first-order valence-corrected chi connectivity index (χ1v) is 9.88. The molecule has 3 aromatic rings. The Hall–Kier alpha value is -3.07. The Bertz CT molecular complexity index is 1090. The fourth-order valence-electron chi connectivity index (χ4n) is 2.56. The number of ether oxygens (including phenoxy) is 1. The Morgan fingerprint density at radius 3 is 2.55 bits per heavy atom. The molecule has 0 saturated heterocycles. The van der Waals surface area contributed by atoms with Crippen LogP contribution < -0.4 is 10.1 Å². The van der Waals surface area contributed by atoms with Crippen LogP contribution >= 0.6 is 27.5 Å². The number of nitriles is 1. The summed E-state index contributed by atoms with van der Waals surface area (Å²) >= 11 is 9.60. The second-order valence-corrected chi connectivity index (χ2v) is 7.38. The van der Waals surface area contributed by atoms with Gasteiger partial charge in [-0.2, -0.15) is 5.26 Å². The lowest BCUT2D eigenvalue weighted by Gasteiger charge is -2.11. The van der Waals surface area contributed by atoms with Crippen LogP contribution in [0.2, 0.25) is 5.02 Å². The predicted octanol–water partition coefficient (Wildman–Crippen LogP) is 6.23. The molecule has 29 heavy (non-hydrogen) atoms. The predicted molar refractivity (Wildman–Crippen MR) is 119 cm³/mol. The van der Waals surface area contributed by atoms with Crippen molar-refractivity contribution >= 4 is 45.2 Å². The van der Waals surface area contributed by atoms with Gasteiger partial charge in [0, 0.05) is 26.3 Å². The van der Waals surface area contributed by atoms with Crippen LogP contribution in [0.25, 0.3) is 6.08 Å². The van der Waals surface area contributed by atoms with Crippen LogP contribution in [0.1, 0.15) is 11.1 Å². The van der Waals surface area contributed by atoms with Gasteiger partial charge in [0.05, 0.1) is 0 Å². The van der Waals surface area contributed by atoms with E-state index in [0.717, 1.165) is 10.0 Å². The van der Waals surface area contributed by atoms with E-state index in [2.05, 4.69) is 21.2 Å². The summed E-state index contributed by atoms with van der Waals surface area (Å²) in [5, 5.41) is 12.8. The first-order chi connectivity index (χ1) is 14.1. The average Bonchev–Trinajstić information content (AvgIpc) is 2.73.